The zero-order valence-electron chi connectivity index (χ0n) is 12.4. The van der Waals surface area contributed by atoms with Crippen LogP contribution < -0.4 is 5.32 Å². The number of hydrogen-bond donors (Lipinski definition) is 1. The molecule has 1 N–H and O–H groups in total. The average molecular weight is 279 g/mol. The number of piperidine rings is 1. The first kappa shape index (κ1) is 14.0. The van der Waals surface area contributed by atoms with E-state index in [1.807, 2.05) is 6.92 Å². The molecule has 0 amide bonds. The van der Waals surface area contributed by atoms with Gasteiger partial charge in [-0.15, -0.1) is 0 Å². The summed E-state index contributed by atoms with van der Waals surface area (Å²) in [5.41, 5.74) is -0.302. The third kappa shape index (κ3) is 2.74. The van der Waals surface area contributed by atoms with Crippen molar-refractivity contribution in [2.24, 2.45) is 0 Å². The topological polar surface area (TPSA) is 60.2 Å². The Morgan fingerprint density at radius 2 is 2.10 bits per heavy atom. The Kier molecular flexibility index (Phi) is 4.36. The summed E-state index contributed by atoms with van der Waals surface area (Å²) in [5, 5.41) is 7.71. The van der Waals surface area contributed by atoms with Crippen LogP contribution in [0, 0.1) is 0 Å². The van der Waals surface area contributed by atoms with Gasteiger partial charge in [0.1, 0.15) is 5.60 Å². The molecule has 1 saturated carbocycles. The molecule has 0 bridgehead atoms. The summed E-state index contributed by atoms with van der Waals surface area (Å²) < 4.78 is 11.6. The average Bonchev–Trinajstić information content (AvgIpc) is 3.00. The minimum Gasteiger partial charge on any atom is -0.367 e. The molecule has 2 fully saturated rings. The van der Waals surface area contributed by atoms with Crippen LogP contribution >= 0.6 is 0 Å². The van der Waals surface area contributed by atoms with E-state index in [1.165, 1.54) is 32.1 Å². The van der Waals surface area contributed by atoms with Gasteiger partial charge in [-0.2, -0.15) is 4.98 Å². The van der Waals surface area contributed by atoms with E-state index in [1.54, 1.807) is 0 Å². The van der Waals surface area contributed by atoms with E-state index in [-0.39, 0.29) is 11.6 Å². The molecule has 3 rings (SSSR count). The largest absolute Gasteiger partial charge is 0.367 e. The van der Waals surface area contributed by atoms with Gasteiger partial charge in [0.05, 0.1) is 6.04 Å². The molecule has 112 valence electrons. The van der Waals surface area contributed by atoms with E-state index in [9.17, 15) is 0 Å². The van der Waals surface area contributed by atoms with Gasteiger partial charge in [0.2, 0.25) is 11.7 Å². The lowest BCUT2D eigenvalue weighted by molar-refractivity contribution is -0.0777. The Bertz CT molecular complexity index is 415. The second kappa shape index (κ2) is 6.22. The molecule has 1 aliphatic carbocycles. The number of rotatable bonds is 4. The summed E-state index contributed by atoms with van der Waals surface area (Å²) in [4.78, 5) is 4.68. The van der Waals surface area contributed by atoms with Crippen molar-refractivity contribution in [2.75, 3.05) is 13.2 Å². The zero-order valence-corrected chi connectivity index (χ0v) is 12.4. The van der Waals surface area contributed by atoms with E-state index in [2.05, 4.69) is 15.5 Å². The molecule has 1 saturated heterocycles. The van der Waals surface area contributed by atoms with Gasteiger partial charge >= 0.3 is 0 Å². The molecule has 0 radical (unpaired) electrons. The van der Waals surface area contributed by atoms with E-state index < -0.39 is 0 Å². The van der Waals surface area contributed by atoms with Gasteiger partial charge in [0, 0.05) is 6.61 Å². The van der Waals surface area contributed by atoms with Gasteiger partial charge in [-0.25, -0.2) is 0 Å². The number of hydrogen-bond acceptors (Lipinski definition) is 5. The van der Waals surface area contributed by atoms with Crippen LogP contribution in [-0.2, 0) is 10.3 Å². The summed E-state index contributed by atoms with van der Waals surface area (Å²) >= 11 is 0. The summed E-state index contributed by atoms with van der Waals surface area (Å²) in [7, 11) is 0. The van der Waals surface area contributed by atoms with Crippen LogP contribution in [0.3, 0.4) is 0 Å². The molecule has 20 heavy (non-hydrogen) atoms. The van der Waals surface area contributed by atoms with E-state index in [4.69, 9.17) is 9.26 Å². The first-order chi connectivity index (χ1) is 9.84. The third-order valence-corrected chi connectivity index (χ3v) is 4.54. The lowest BCUT2D eigenvalue weighted by Gasteiger charge is -2.34. The monoisotopic (exact) mass is 279 g/mol. The van der Waals surface area contributed by atoms with Crippen molar-refractivity contribution in [3.05, 3.63) is 11.7 Å². The Morgan fingerprint density at radius 1 is 1.25 bits per heavy atom. The Balaban J connectivity index is 1.79. The molecule has 0 aromatic carbocycles. The van der Waals surface area contributed by atoms with Crippen molar-refractivity contribution >= 4 is 0 Å². The molecular formula is C15H25N3O2. The molecule has 1 aromatic rings. The molecule has 1 aromatic heterocycles. The van der Waals surface area contributed by atoms with Gasteiger partial charge in [0.15, 0.2) is 0 Å². The lowest BCUT2D eigenvalue weighted by Crippen LogP contribution is -2.34. The van der Waals surface area contributed by atoms with Crippen molar-refractivity contribution in [2.45, 2.75) is 69.9 Å². The van der Waals surface area contributed by atoms with Crippen molar-refractivity contribution in [1.82, 2.24) is 15.5 Å². The molecule has 2 heterocycles. The van der Waals surface area contributed by atoms with Crippen molar-refractivity contribution < 1.29 is 9.26 Å². The molecule has 1 atom stereocenters. The predicted octanol–water partition coefficient (Wildman–Crippen LogP) is 3.08. The first-order valence-corrected chi connectivity index (χ1v) is 8.05. The molecule has 2 aliphatic rings. The third-order valence-electron chi connectivity index (χ3n) is 4.54. The normalized spacial score (nSPS) is 26.6. The second-order valence-electron chi connectivity index (χ2n) is 5.95. The van der Waals surface area contributed by atoms with Crippen molar-refractivity contribution in [1.29, 1.82) is 0 Å². The maximum absolute atomic E-state index is 6.05. The SMILES string of the molecule is CCOC1(c2noc(C3CCCCN3)n2)CCCCC1. The Hall–Kier alpha value is -0.940. The highest BCUT2D eigenvalue weighted by Gasteiger charge is 2.39. The highest BCUT2D eigenvalue weighted by Crippen LogP contribution is 2.39. The van der Waals surface area contributed by atoms with Gasteiger partial charge in [-0.1, -0.05) is 30.8 Å². The summed E-state index contributed by atoms with van der Waals surface area (Å²) in [5.74, 6) is 1.51. The van der Waals surface area contributed by atoms with Gasteiger partial charge < -0.3 is 14.6 Å². The minimum absolute atomic E-state index is 0.229. The lowest BCUT2D eigenvalue weighted by atomic mass is 9.84. The number of aromatic nitrogens is 2. The van der Waals surface area contributed by atoms with Crippen LogP contribution in [0.5, 0.6) is 0 Å². The van der Waals surface area contributed by atoms with Crippen LogP contribution in [0.4, 0.5) is 0 Å². The number of nitrogens with one attached hydrogen (secondary N) is 1. The van der Waals surface area contributed by atoms with Gasteiger partial charge in [-0.3, -0.25) is 0 Å². The summed E-state index contributed by atoms with van der Waals surface area (Å²) in [6.07, 6.45) is 9.23. The fourth-order valence-electron chi connectivity index (χ4n) is 3.46. The summed E-state index contributed by atoms with van der Waals surface area (Å²) in [6, 6.07) is 0.229. The summed E-state index contributed by atoms with van der Waals surface area (Å²) in [6.45, 7) is 3.78. The van der Waals surface area contributed by atoms with Crippen LogP contribution in [0.25, 0.3) is 0 Å². The molecule has 5 heteroatoms. The second-order valence-corrected chi connectivity index (χ2v) is 5.95. The highest BCUT2D eigenvalue weighted by molar-refractivity contribution is 5.05. The maximum Gasteiger partial charge on any atom is 0.243 e. The van der Waals surface area contributed by atoms with Crippen molar-refractivity contribution in [3.8, 4) is 0 Å². The fourth-order valence-corrected chi connectivity index (χ4v) is 3.46. The van der Waals surface area contributed by atoms with Crippen molar-refractivity contribution in [3.63, 3.8) is 0 Å². The van der Waals surface area contributed by atoms with E-state index in [0.717, 1.165) is 37.5 Å². The molecular weight excluding hydrogens is 254 g/mol. The van der Waals surface area contributed by atoms with Crippen LogP contribution in [0.15, 0.2) is 4.52 Å². The highest BCUT2D eigenvalue weighted by atomic mass is 16.5. The molecule has 1 unspecified atom stereocenters. The zero-order chi connectivity index (χ0) is 13.8. The van der Waals surface area contributed by atoms with Crippen LogP contribution in [0.2, 0.25) is 0 Å². The van der Waals surface area contributed by atoms with Crippen LogP contribution in [0.1, 0.15) is 76.0 Å². The Morgan fingerprint density at radius 3 is 2.80 bits per heavy atom. The molecule has 1 aliphatic heterocycles. The van der Waals surface area contributed by atoms with Gasteiger partial charge in [-0.05, 0) is 39.2 Å². The van der Waals surface area contributed by atoms with Gasteiger partial charge in [0.25, 0.3) is 0 Å². The smallest absolute Gasteiger partial charge is 0.243 e. The van der Waals surface area contributed by atoms with Crippen LogP contribution in [-0.4, -0.2) is 23.3 Å². The maximum atomic E-state index is 6.05. The predicted molar refractivity (Wildman–Crippen MR) is 75.3 cm³/mol. The molecule has 0 spiro atoms. The molecule has 5 nitrogen and oxygen atoms in total. The standard InChI is InChI=1S/C15H25N3O2/c1-2-19-15(9-5-3-6-10-15)14-17-13(20-18-14)12-8-4-7-11-16-12/h12,16H,2-11H2,1H3. The van der Waals surface area contributed by atoms with E-state index >= 15 is 0 Å². The quantitative estimate of drug-likeness (QED) is 0.917. The Labute approximate surface area is 120 Å². The van der Waals surface area contributed by atoms with E-state index in [0.29, 0.717) is 6.61 Å². The number of nitrogens with zero attached hydrogens (tertiary/aromatic N) is 2. The fraction of sp³-hybridized carbons (Fsp3) is 0.867. The first-order valence-electron chi connectivity index (χ1n) is 8.05. The number of ether oxygens (including phenoxy) is 1. The minimum atomic E-state index is -0.302.